The molecule has 30 heavy (non-hydrogen) atoms. The summed E-state index contributed by atoms with van der Waals surface area (Å²) >= 11 is 5.89. The Labute approximate surface area is 182 Å². The van der Waals surface area contributed by atoms with Crippen LogP contribution >= 0.6 is 11.6 Å². The van der Waals surface area contributed by atoms with Crippen molar-refractivity contribution in [3.05, 3.63) is 64.9 Å². The van der Waals surface area contributed by atoms with Crippen LogP contribution in [0.15, 0.2) is 48.7 Å². The average molecular weight is 427 g/mol. The van der Waals surface area contributed by atoms with Gasteiger partial charge in [-0.3, -0.25) is 19.5 Å². The number of likely N-dealkylation sites (tertiary alicyclic amines) is 2. The minimum atomic E-state index is -0.385. The lowest BCUT2D eigenvalue weighted by molar-refractivity contribution is -0.129. The van der Waals surface area contributed by atoms with E-state index >= 15 is 0 Å². The highest BCUT2D eigenvalue weighted by atomic mass is 35.5. The van der Waals surface area contributed by atoms with Crippen molar-refractivity contribution in [2.75, 3.05) is 32.7 Å². The molecule has 4 rings (SSSR count). The Morgan fingerprint density at radius 1 is 1.07 bits per heavy atom. The van der Waals surface area contributed by atoms with E-state index in [0.717, 1.165) is 45.4 Å². The lowest BCUT2D eigenvalue weighted by Gasteiger charge is -2.36. The van der Waals surface area contributed by atoms with Gasteiger partial charge in [-0.15, -0.1) is 0 Å². The van der Waals surface area contributed by atoms with E-state index in [1.807, 2.05) is 4.90 Å². The number of piperidine rings is 1. The van der Waals surface area contributed by atoms with E-state index < -0.39 is 0 Å². The quantitative estimate of drug-likeness (QED) is 0.798. The molecule has 1 aromatic heterocycles. The van der Waals surface area contributed by atoms with Gasteiger partial charge in [0.1, 0.15) is 5.69 Å². The van der Waals surface area contributed by atoms with Crippen LogP contribution in [0.1, 0.15) is 41.2 Å². The van der Waals surface area contributed by atoms with Crippen LogP contribution in [0.25, 0.3) is 0 Å². The van der Waals surface area contributed by atoms with Crippen molar-refractivity contribution in [2.24, 2.45) is 0 Å². The Kier molecular flexibility index (Phi) is 6.65. The molecule has 0 bridgehead atoms. The van der Waals surface area contributed by atoms with Crippen molar-refractivity contribution >= 4 is 23.4 Å². The van der Waals surface area contributed by atoms with Crippen molar-refractivity contribution in [1.29, 1.82) is 0 Å². The number of amides is 2. The third-order valence-electron chi connectivity index (χ3n) is 6.19. The lowest BCUT2D eigenvalue weighted by Crippen LogP contribution is -2.44. The Hall–Kier alpha value is -2.44. The van der Waals surface area contributed by atoms with E-state index in [-0.39, 0.29) is 24.1 Å². The number of pyridine rings is 1. The zero-order chi connectivity index (χ0) is 20.9. The van der Waals surface area contributed by atoms with E-state index in [0.29, 0.717) is 17.0 Å². The maximum atomic E-state index is 12.6. The molecular weight excluding hydrogens is 400 g/mol. The maximum Gasteiger partial charge on any atom is 0.270 e. The second-order valence-corrected chi connectivity index (χ2v) is 8.48. The monoisotopic (exact) mass is 426 g/mol. The molecular formula is C23H27ClN4O2. The molecule has 0 aliphatic carbocycles. The molecule has 2 amide bonds. The van der Waals surface area contributed by atoms with Gasteiger partial charge in [-0.1, -0.05) is 41.9 Å². The number of hydrogen-bond acceptors (Lipinski definition) is 4. The predicted octanol–water partition coefficient (Wildman–Crippen LogP) is 2.95. The Morgan fingerprint density at radius 2 is 1.83 bits per heavy atom. The van der Waals surface area contributed by atoms with Gasteiger partial charge in [0, 0.05) is 30.4 Å². The van der Waals surface area contributed by atoms with E-state index in [9.17, 15) is 9.59 Å². The van der Waals surface area contributed by atoms with Crippen LogP contribution in [0.2, 0.25) is 5.02 Å². The Morgan fingerprint density at radius 3 is 2.57 bits per heavy atom. The van der Waals surface area contributed by atoms with Gasteiger partial charge in [0.2, 0.25) is 5.91 Å². The summed E-state index contributed by atoms with van der Waals surface area (Å²) < 4.78 is 0. The second kappa shape index (κ2) is 9.58. The molecule has 3 heterocycles. The van der Waals surface area contributed by atoms with Gasteiger partial charge >= 0.3 is 0 Å². The van der Waals surface area contributed by atoms with E-state index in [1.165, 1.54) is 17.8 Å². The molecule has 1 atom stereocenters. The van der Waals surface area contributed by atoms with Gasteiger partial charge in [0.15, 0.2) is 0 Å². The van der Waals surface area contributed by atoms with Gasteiger partial charge in [0.25, 0.3) is 5.91 Å². The van der Waals surface area contributed by atoms with Crippen LogP contribution in [-0.2, 0) is 4.79 Å². The summed E-state index contributed by atoms with van der Waals surface area (Å²) in [6.45, 7) is 3.61. The van der Waals surface area contributed by atoms with Gasteiger partial charge in [-0.25, -0.2) is 0 Å². The molecule has 0 radical (unpaired) electrons. The molecule has 2 saturated heterocycles. The number of rotatable bonds is 5. The molecule has 2 aromatic rings. The normalized spacial score (nSPS) is 20.3. The molecule has 2 fully saturated rings. The van der Waals surface area contributed by atoms with Crippen LogP contribution in [0, 0.1) is 0 Å². The van der Waals surface area contributed by atoms with Crippen LogP contribution in [0.5, 0.6) is 0 Å². The summed E-state index contributed by atoms with van der Waals surface area (Å²) in [7, 11) is 0. The highest BCUT2D eigenvalue weighted by Gasteiger charge is 2.32. The molecule has 0 spiro atoms. The first-order valence-electron chi connectivity index (χ1n) is 10.6. The average Bonchev–Trinajstić information content (AvgIpc) is 3.28. The summed E-state index contributed by atoms with van der Waals surface area (Å²) in [4.78, 5) is 33.1. The number of carbonyl (C=O) groups is 2. The summed E-state index contributed by atoms with van der Waals surface area (Å²) in [5.41, 5.74) is 1.65. The highest BCUT2D eigenvalue weighted by molar-refractivity contribution is 6.30. The van der Waals surface area contributed by atoms with Gasteiger partial charge in [-0.05, 0) is 56.0 Å². The van der Waals surface area contributed by atoms with Gasteiger partial charge in [0.05, 0.1) is 6.54 Å². The number of halogens is 1. The lowest BCUT2D eigenvalue weighted by atomic mass is 9.89. The molecule has 2 aliphatic heterocycles. The molecule has 0 saturated carbocycles. The topological polar surface area (TPSA) is 65.5 Å². The van der Waals surface area contributed by atoms with Crippen molar-refractivity contribution in [3.8, 4) is 0 Å². The Bertz CT molecular complexity index is 884. The summed E-state index contributed by atoms with van der Waals surface area (Å²) in [5.74, 6) is 0.202. The molecule has 7 heteroatoms. The predicted molar refractivity (Wildman–Crippen MR) is 117 cm³/mol. The molecule has 158 valence electrons. The van der Waals surface area contributed by atoms with Crippen LogP contribution in [-0.4, -0.2) is 65.4 Å². The van der Waals surface area contributed by atoms with Crippen molar-refractivity contribution < 1.29 is 9.59 Å². The Balaban J connectivity index is 1.22. The van der Waals surface area contributed by atoms with E-state index in [1.54, 1.807) is 6.07 Å². The number of aromatic nitrogens is 1. The number of nitrogens with zero attached hydrogens (tertiary/aromatic N) is 3. The van der Waals surface area contributed by atoms with Crippen molar-refractivity contribution in [1.82, 2.24) is 20.1 Å². The maximum absolute atomic E-state index is 12.6. The number of benzene rings is 1. The van der Waals surface area contributed by atoms with Crippen LogP contribution in [0.4, 0.5) is 0 Å². The molecule has 2 aliphatic rings. The first-order valence-corrected chi connectivity index (χ1v) is 10.9. The van der Waals surface area contributed by atoms with Crippen molar-refractivity contribution in [3.63, 3.8) is 0 Å². The minimum Gasteiger partial charge on any atom is -0.342 e. The van der Waals surface area contributed by atoms with E-state index in [2.05, 4.69) is 45.5 Å². The third kappa shape index (κ3) is 4.99. The number of carbonyl (C=O) groups excluding carboxylic acids is 2. The number of hydrogen-bond donors (Lipinski definition) is 1. The first kappa shape index (κ1) is 20.8. The molecule has 1 aromatic carbocycles. The van der Waals surface area contributed by atoms with Gasteiger partial charge < -0.3 is 10.2 Å². The smallest absolute Gasteiger partial charge is 0.270 e. The van der Waals surface area contributed by atoms with Crippen molar-refractivity contribution in [2.45, 2.75) is 31.2 Å². The fourth-order valence-corrected chi connectivity index (χ4v) is 4.64. The first-order chi connectivity index (χ1) is 14.6. The standard InChI is InChI=1S/C23H27ClN4O2/c24-19-6-10-25-21(14-19)23(30)26-15-22(29)28-13-9-20(16-28)27-11-7-18(8-12-27)17-4-2-1-3-5-17/h1-6,10,14,18,20H,7-9,11-13,15-16H2,(H,26,30). The largest absolute Gasteiger partial charge is 0.342 e. The molecule has 6 nitrogen and oxygen atoms in total. The summed E-state index contributed by atoms with van der Waals surface area (Å²) in [6.07, 6.45) is 4.80. The van der Waals surface area contributed by atoms with Crippen LogP contribution < -0.4 is 5.32 Å². The molecule has 1 N–H and O–H groups in total. The number of nitrogens with one attached hydrogen (secondary N) is 1. The zero-order valence-corrected chi connectivity index (χ0v) is 17.7. The fraction of sp³-hybridized carbons (Fsp3) is 0.435. The zero-order valence-electron chi connectivity index (χ0n) is 17.0. The van der Waals surface area contributed by atoms with Crippen LogP contribution in [0.3, 0.4) is 0 Å². The summed E-state index contributed by atoms with van der Waals surface area (Å²) in [5, 5.41) is 3.10. The molecule has 1 unspecified atom stereocenters. The highest BCUT2D eigenvalue weighted by Crippen LogP contribution is 2.30. The summed E-state index contributed by atoms with van der Waals surface area (Å²) in [6, 6.07) is 14.3. The minimum absolute atomic E-state index is 0.0180. The van der Waals surface area contributed by atoms with Gasteiger partial charge in [-0.2, -0.15) is 0 Å². The second-order valence-electron chi connectivity index (χ2n) is 8.05. The SMILES string of the molecule is O=C(NCC(=O)N1CCC(N2CCC(c3ccccc3)CC2)C1)c1cc(Cl)ccn1. The van der Waals surface area contributed by atoms with E-state index in [4.69, 9.17) is 11.6 Å². The fourth-order valence-electron chi connectivity index (χ4n) is 4.48. The third-order valence-corrected chi connectivity index (χ3v) is 6.42.